The number of aryl methyl sites for hydroxylation is 1. The minimum absolute atomic E-state index is 0.537. The van der Waals surface area contributed by atoms with E-state index in [1.807, 2.05) is 11.3 Å². The number of rotatable bonds is 6. The van der Waals surface area contributed by atoms with E-state index in [0.29, 0.717) is 12.1 Å². The molecule has 3 heterocycles. The van der Waals surface area contributed by atoms with Gasteiger partial charge in [0.1, 0.15) is 0 Å². The molecule has 2 N–H and O–H groups in total. The summed E-state index contributed by atoms with van der Waals surface area (Å²) in [6, 6.07) is 5.66. The molecule has 0 aromatic carbocycles. The highest BCUT2D eigenvalue weighted by molar-refractivity contribution is 7.16. The van der Waals surface area contributed by atoms with Crippen molar-refractivity contribution in [2.75, 3.05) is 26.3 Å². The van der Waals surface area contributed by atoms with Gasteiger partial charge in [0.2, 0.25) is 0 Å². The molecular formula is C19H27N3OS2. The number of nitrogens with zero attached hydrogens (tertiary/aromatic N) is 1. The molecule has 1 aliphatic carbocycles. The van der Waals surface area contributed by atoms with Crippen LogP contribution in [0.3, 0.4) is 0 Å². The second-order valence-electron chi connectivity index (χ2n) is 7.06. The fourth-order valence-electron chi connectivity index (χ4n) is 4.09. The highest BCUT2D eigenvalue weighted by Gasteiger charge is 2.34. The Hall–Kier alpha value is -0.790. The van der Waals surface area contributed by atoms with Gasteiger partial charge in [-0.3, -0.25) is 0 Å². The Bertz CT molecular complexity index is 678. The van der Waals surface area contributed by atoms with Crippen molar-refractivity contribution in [3.8, 4) is 10.6 Å². The number of aromatic nitrogens is 1. The van der Waals surface area contributed by atoms with Gasteiger partial charge in [-0.1, -0.05) is 6.42 Å². The molecule has 4 rings (SSSR count). The van der Waals surface area contributed by atoms with E-state index in [-0.39, 0.29) is 0 Å². The van der Waals surface area contributed by atoms with E-state index in [4.69, 9.17) is 4.74 Å². The Labute approximate surface area is 158 Å². The molecule has 0 radical (unpaired) electrons. The fourth-order valence-corrected chi connectivity index (χ4v) is 5.75. The van der Waals surface area contributed by atoms with Gasteiger partial charge in [0, 0.05) is 35.4 Å². The van der Waals surface area contributed by atoms with E-state index < -0.39 is 0 Å². The van der Waals surface area contributed by atoms with Crippen molar-refractivity contribution in [2.45, 2.75) is 44.7 Å². The van der Waals surface area contributed by atoms with Gasteiger partial charge in [0.25, 0.3) is 0 Å². The van der Waals surface area contributed by atoms with Crippen LogP contribution in [0.15, 0.2) is 17.5 Å². The predicted octanol–water partition coefficient (Wildman–Crippen LogP) is 3.47. The normalized spacial score (nSPS) is 27.0. The molecule has 3 atom stereocenters. The van der Waals surface area contributed by atoms with Gasteiger partial charge in [-0.2, -0.15) is 0 Å². The van der Waals surface area contributed by atoms with Crippen LogP contribution in [0.25, 0.3) is 10.6 Å². The lowest BCUT2D eigenvalue weighted by Crippen LogP contribution is -2.51. The number of hydrogen-bond donors (Lipinski definition) is 2. The Kier molecular flexibility index (Phi) is 5.83. The minimum Gasteiger partial charge on any atom is -0.379 e. The highest BCUT2D eigenvalue weighted by Crippen LogP contribution is 2.31. The summed E-state index contributed by atoms with van der Waals surface area (Å²) >= 11 is 3.61. The minimum atomic E-state index is 0.537. The molecule has 2 fully saturated rings. The fraction of sp³-hybridized carbons (Fsp3) is 0.632. The zero-order valence-corrected chi connectivity index (χ0v) is 16.4. The van der Waals surface area contributed by atoms with Gasteiger partial charge in [-0.05, 0) is 44.2 Å². The highest BCUT2D eigenvalue weighted by atomic mass is 32.1. The second kappa shape index (κ2) is 8.27. The van der Waals surface area contributed by atoms with Crippen molar-refractivity contribution >= 4 is 22.7 Å². The molecule has 0 amide bonds. The molecule has 3 unspecified atom stereocenters. The monoisotopic (exact) mass is 377 g/mol. The van der Waals surface area contributed by atoms with Crippen molar-refractivity contribution in [3.63, 3.8) is 0 Å². The summed E-state index contributed by atoms with van der Waals surface area (Å²) in [5.41, 5.74) is 1.13. The topological polar surface area (TPSA) is 46.2 Å². The van der Waals surface area contributed by atoms with Crippen LogP contribution in [0.5, 0.6) is 0 Å². The molecule has 6 heteroatoms. The lowest BCUT2D eigenvalue weighted by Gasteiger charge is -2.33. The van der Waals surface area contributed by atoms with E-state index in [2.05, 4.69) is 40.1 Å². The summed E-state index contributed by atoms with van der Waals surface area (Å²) in [4.78, 5) is 7.33. The summed E-state index contributed by atoms with van der Waals surface area (Å²) in [7, 11) is 0. The summed E-state index contributed by atoms with van der Waals surface area (Å²) in [6.45, 7) is 5.87. The average molecular weight is 378 g/mol. The third-order valence-electron chi connectivity index (χ3n) is 5.35. The van der Waals surface area contributed by atoms with Crippen LogP contribution in [0.1, 0.15) is 29.1 Å². The number of thiazole rings is 1. The molecule has 25 heavy (non-hydrogen) atoms. The molecular weight excluding hydrogens is 350 g/mol. The molecule has 2 aromatic heterocycles. The lowest BCUT2D eigenvalue weighted by atomic mass is 9.94. The van der Waals surface area contributed by atoms with Crippen LogP contribution in [0.2, 0.25) is 0 Å². The first-order valence-corrected chi connectivity index (χ1v) is 11.0. The molecule has 2 aliphatic rings. The number of hydrogen-bond acceptors (Lipinski definition) is 6. The van der Waals surface area contributed by atoms with Gasteiger partial charge < -0.3 is 15.4 Å². The van der Waals surface area contributed by atoms with Gasteiger partial charge in [0.05, 0.1) is 28.8 Å². The zero-order chi connectivity index (χ0) is 17.1. The third-order valence-corrected chi connectivity index (χ3v) is 7.29. The van der Waals surface area contributed by atoms with E-state index in [1.165, 1.54) is 29.0 Å². The number of nitrogens with one attached hydrogen (secondary N) is 2. The molecule has 1 aliphatic heterocycles. The van der Waals surface area contributed by atoms with Crippen LogP contribution in [0.4, 0.5) is 0 Å². The van der Waals surface area contributed by atoms with Gasteiger partial charge >= 0.3 is 0 Å². The Balaban J connectivity index is 1.28. The molecule has 1 saturated heterocycles. The Morgan fingerprint density at radius 1 is 1.36 bits per heavy atom. The maximum Gasteiger partial charge on any atom is 0.0914 e. The smallest absolute Gasteiger partial charge is 0.0914 e. The summed E-state index contributed by atoms with van der Waals surface area (Å²) < 4.78 is 5.67. The van der Waals surface area contributed by atoms with Crippen molar-refractivity contribution in [1.29, 1.82) is 0 Å². The van der Waals surface area contributed by atoms with Crippen LogP contribution in [0, 0.1) is 12.8 Å². The van der Waals surface area contributed by atoms with Gasteiger partial charge in [0.15, 0.2) is 0 Å². The van der Waals surface area contributed by atoms with Crippen molar-refractivity contribution in [1.82, 2.24) is 15.6 Å². The van der Waals surface area contributed by atoms with Crippen molar-refractivity contribution in [3.05, 3.63) is 27.4 Å². The molecule has 1 saturated carbocycles. The molecule has 0 spiro atoms. The largest absolute Gasteiger partial charge is 0.379 e. The zero-order valence-electron chi connectivity index (χ0n) is 14.8. The van der Waals surface area contributed by atoms with Crippen LogP contribution >= 0.6 is 22.7 Å². The first-order chi connectivity index (χ1) is 12.3. The third kappa shape index (κ3) is 4.31. The summed E-state index contributed by atoms with van der Waals surface area (Å²) in [5, 5.41) is 10.8. The maximum atomic E-state index is 5.67. The average Bonchev–Trinajstić information content (AvgIpc) is 3.36. The van der Waals surface area contributed by atoms with Crippen LogP contribution in [-0.2, 0) is 11.2 Å². The van der Waals surface area contributed by atoms with Crippen LogP contribution < -0.4 is 10.6 Å². The number of ether oxygens (including phenoxy) is 1. The summed E-state index contributed by atoms with van der Waals surface area (Å²) in [5.74, 6) is 0.720. The van der Waals surface area contributed by atoms with Crippen LogP contribution in [-0.4, -0.2) is 43.4 Å². The number of morpholine rings is 1. The molecule has 136 valence electrons. The second-order valence-corrected chi connectivity index (χ2v) is 9.29. The SMILES string of the molecule is Cc1nc(-c2ccc(CCNC3CCCC3C3COCCN3)s2)cs1. The molecule has 0 bridgehead atoms. The van der Waals surface area contributed by atoms with E-state index in [9.17, 15) is 0 Å². The predicted molar refractivity (Wildman–Crippen MR) is 106 cm³/mol. The molecule has 4 nitrogen and oxygen atoms in total. The first-order valence-electron chi connectivity index (χ1n) is 9.35. The number of thiophene rings is 1. The van der Waals surface area contributed by atoms with Crippen molar-refractivity contribution in [2.24, 2.45) is 5.92 Å². The quantitative estimate of drug-likeness (QED) is 0.809. The van der Waals surface area contributed by atoms with Crippen molar-refractivity contribution < 1.29 is 4.74 Å². The summed E-state index contributed by atoms with van der Waals surface area (Å²) in [6.07, 6.45) is 5.07. The van der Waals surface area contributed by atoms with Gasteiger partial charge in [-0.25, -0.2) is 4.98 Å². The maximum absolute atomic E-state index is 5.67. The Morgan fingerprint density at radius 3 is 3.12 bits per heavy atom. The lowest BCUT2D eigenvalue weighted by molar-refractivity contribution is 0.0526. The van der Waals surface area contributed by atoms with Gasteiger partial charge in [-0.15, -0.1) is 22.7 Å². The first kappa shape index (κ1) is 17.6. The van der Waals surface area contributed by atoms with E-state index in [1.54, 1.807) is 11.3 Å². The van der Waals surface area contributed by atoms with E-state index >= 15 is 0 Å². The standard InChI is InChI=1S/C19H27N3OS2/c1-13-22-18(12-24-13)19-6-5-14(25-19)7-8-20-16-4-2-3-15(16)17-11-23-10-9-21-17/h5-6,12,15-17,20-21H,2-4,7-11H2,1H3. The molecule has 2 aromatic rings. The van der Waals surface area contributed by atoms with E-state index in [0.717, 1.165) is 49.3 Å². The Morgan fingerprint density at radius 2 is 2.32 bits per heavy atom.